The van der Waals surface area contributed by atoms with Gasteiger partial charge >= 0.3 is 0 Å². The topological polar surface area (TPSA) is 55.8 Å². The van der Waals surface area contributed by atoms with Crippen LogP contribution >= 0.6 is 0 Å². The van der Waals surface area contributed by atoms with Crippen molar-refractivity contribution in [1.29, 1.82) is 0 Å². The van der Waals surface area contributed by atoms with Crippen LogP contribution in [-0.4, -0.2) is 25.1 Å². The van der Waals surface area contributed by atoms with Gasteiger partial charge in [0.25, 0.3) is 0 Å². The van der Waals surface area contributed by atoms with Crippen molar-refractivity contribution in [3.05, 3.63) is 65.2 Å². The zero-order valence-electron chi connectivity index (χ0n) is 14.5. The Balaban J connectivity index is 1.90. The number of carbonyl (C=O) groups excluding carboxylic acids is 1. The van der Waals surface area contributed by atoms with Crippen molar-refractivity contribution in [1.82, 2.24) is 0 Å². The fourth-order valence-corrected chi connectivity index (χ4v) is 3.31. The van der Waals surface area contributed by atoms with Gasteiger partial charge < -0.3 is 14.6 Å². The largest absolute Gasteiger partial charge is 0.493 e. The Morgan fingerprint density at radius 1 is 1.04 bits per heavy atom. The molecule has 0 saturated heterocycles. The lowest BCUT2D eigenvalue weighted by molar-refractivity contribution is -0.115. The first kappa shape index (κ1) is 17.2. The SMILES string of the molecule is COc1ccc(C2CC(=O)C=C(c3cccc(CO)c3)C2)cc1OC. The highest BCUT2D eigenvalue weighted by Gasteiger charge is 2.24. The van der Waals surface area contributed by atoms with Crippen LogP contribution in [0.2, 0.25) is 0 Å². The molecule has 1 aliphatic carbocycles. The Bertz CT molecular complexity index is 807. The maximum absolute atomic E-state index is 12.3. The smallest absolute Gasteiger partial charge is 0.160 e. The number of ether oxygens (including phenoxy) is 2. The molecular formula is C21H22O4. The van der Waals surface area contributed by atoms with Crippen molar-refractivity contribution in [3.8, 4) is 11.5 Å². The highest BCUT2D eigenvalue weighted by Crippen LogP contribution is 2.39. The van der Waals surface area contributed by atoms with Crippen LogP contribution in [0.4, 0.5) is 0 Å². The molecule has 25 heavy (non-hydrogen) atoms. The van der Waals surface area contributed by atoms with Crippen molar-refractivity contribution < 1.29 is 19.4 Å². The molecule has 3 rings (SSSR count). The van der Waals surface area contributed by atoms with Gasteiger partial charge in [-0.05, 0) is 58.9 Å². The number of rotatable bonds is 5. The first-order valence-corrected chi connectivity index (χ1v) is 8.30. The van der Waals surface area contributed by atoms with E-state index >= 15 is 0 Å². The first-order valence-electron chi connectivity index (χ1n) is 8.30. The highest BCUT2D eigenvalue weighted by atomic mass is 16.5. The molecule has 0 aromatic heterocycles. The number of ketones is 1. The maximum Gasteiger partial charge on any atom is 0.160 e. The van der Waals surface area contributed by atoms with Crippen molar-refractivity contribution in [2.45, 2.75) is 25.4 Å². The van der Waals surface area contributed by atoms with E-state index in [0.29, 0.717) is 17.9 Å². The fraction of sp³-hybridized carbons (Fsp3) is 0.286. The lowest BCUT2D eigenvalue weighted by atomic mass is 9.81. The minimum atomic E-state index is -0.00578. The molecule has 1 N–H and O–H groups in total. The van der Waals surface area contributed by atoms with Gasteiger partial charge in [0, 0.05) is 6.42 Å². The number of methoxy groups -OCH3 is 2. The maximum atomic E-state index is 12.3. The van der Waals surface area contributed by atoms with E-state index in [9.17, 15) is 9.90 Å². The van der Waals surface area contributed by atoms with Crippen molar-refractivity contribution in [3.63, 3.8) is 0 Å². The summed E-state index contributed by atoms with van der Waals surface area (Å²) in [5.41, 5.74) is 3.91. The van der Waals surface area contributed by atoms with Crippen LogP contribution < -0.4 is 9.47 Å². The Morgan fingerprint density at radius 3 is 2.56 bits per heavy atom. The summed E-state index contributed by atoms with van der Waals surface area (Å²) in [4.78, 5) is 12.3. The number of hydrogen-bond donors (Lipinski definition) is 1. The molecule has 0 aliphatic heterocycles. The zero-order valence-corrected chi connectivity index (χ0v) is 14.5. The second-order valence-corrected chi connectivity index (χ2v) is 6.21. The van der Waals surface area contributed by atoms with Crippen LogP contribution in [0.1, 0.15) is 35.4 Å². The van der Waals surface area contributed by atoms with E-state index < -0.39 is 0 Å². The van der Waals surface area contributed by atoms with Crippen LogP contribution in [0.15, 0.2) is 48.5 Å². The first-order chi connectivity index (χ1) is 12.1. The molecular weight excluding hydrogens is 316 g/mol. The summed E-state index contributed by atoms with van der Waals surface area (Å²) in [6.45, 7) is -0.00578. The van der Waals surface area contributed by atoms with Gasteiger partial charge in [0.2, 0.25) is 0 Å². The third-order valence-electron chi connectivity index (χ3n) is 4.61. The van der Waals surface area contributed by atoms with E-state index in [-0.39, 0.29) is 18.3 Å². The Hall–Kier alpha value is -2.59. The Kier molecular flexibility index (Phi) is 5.19. The number of aliphatic hydroxyl groups excluding tert-OH is 1. The Morgan fingerprint density at radius 2 is 1.84 bits per heavy atom. The van der Waals surface area contributed by atoms with Crippen molar-refractivity contribution in [2.24, 2.45) is 0 Å². The van der Waals surface area contributed by atoms with Gasteiger partial charge in [-0.25, -0.2) is 0 Å². The molecule has 0 amide bonds. The van der Waals surface area contributed by atoms with Crippen LogP contribution in [-0.2, 0) is 11.4 Å². The highest BCUT2D eigenvalue weighted by molar-refractivity contribution is 5.99. The molecule has 1 aliphatic rings. The molecule has 0 radical (unpaired) electrons. The van der Waals surface area contributed by atoms with Gasteiger partial charge in [-0.3, -0.25) is 4.79 Å². The zero-order chi connectivity index (χ0) is 17.8. The third kappa shape index (κ3) is 3.74. The van der Waals surface area contributed by atoms with Gasteiger partial charge in [0.15, 0.2) is 17.3 Å². The van der Waals surface area contributed by atoms with E-state index in [1.54, 1.807) is 20.3 Å². The number of allylic oxidation sites excluding steroid dienone is 2. The Labute approximate surface area is 147 Å². The molecule has 130 valence electrons. The molecule has 4 nitrogen and oxygen atoms in total. The van der Waals surface area contributed by atoms with E-state index in [0.717, 1.165) is 28.7 Å². The monoisotopic (exact) mass is 338 g/mol. The second-order valence-electron chi connectivity index (χ2n) is 6.21. The molecule has 4 heteroatoms. The van der Waals surface area contributed by atoms with Gasteiger partial charge in [-0.2, -0.15) is 0 Å². The van der Waals surface area contributed by atoms with Crippen molar-refractivity contribution >= 4 is 11.4 Å². The van der Waals surface area contributed by atoms with E-state index in [4.69, 9.17) is 9.47 Å². The predicted molar refractivity (Wildman–Crippen MR) is 96.9 cm³/mol. The predicted octanol–water partition coefficient (Wildman–Crippen LogP) is 3.73. The molecule has 0 heterocycles. The molecule has 2 aromatic rings. The van der Waals surface area contributed by atoms with Gasteiger partial charge in [-0.15, -0.1) is 0 Å². The van der Waals surface area contributed by atoms with Gasteiger partial charge in [0.1, 0.15) is 0 Å². The minimum Gasteiger partial charge on any atom is -0.493 e. The third-order valence-corrected chi connectivity index (χ3v) is 4.61. The molecule has 1 atom stereocenters. The number of carbonyl (C=O) groups is 1. The normalized spacial score (nSPS) is 17.2. The number of aliphatic hydroxyl groups is 1. The standard InChI is InChI=1S/C21H22O4/c1-24-20-7-6-16(12-21(20)25-2)18-9-17(10-19(23)11-18)15-5-3-4-14(8-15)13-22/h3-8,10,12,18,22H,9,11,13H2,1-2H3. The van der Waals surface area contributed by atoms with Gasteiger partial charge in [0.05, 0.1) is 20.8 Å². The van der Waals surface area contributed by atoms with E-state index in [1.165, 1.54) is 0 Å². The van der Waals surface area contributed by atoms with Crippen LogP contribution in [0, 0.1) is 0 Å². The summed E-state index contributed by atoms with van der Waals surface area (Å²) in [5, 5.41) is 9.34. The van der Waals surface area contributed by atoms with Crippen LogP contribution in [0.3, 0.4) is 0 Å². The lowest BCUT2D eigenvalue weighted by Crippen LogP contribution is -2.12. The summed E-state index contributed by atoms with van der Waals surface area (Å²) in [7, 11) is 3.22. The molecule has 0 saturated carbocycles. The average molecular weight is 338 g/mol. The fourth-order valence-electron chi connectivity index (χ4n) is 3.31. The van der Waals surface area contributed by atoms with Crippen LogP contribution in [0.5, 0.6) is 11.5 Å². The van der Waals surface area contributed by atoms with E-state index in [1.807, 2.05) is 42.5 Å². The number of benzene rings is 2. The average Bonchev–Trinajstić information content (AvgIpc) is 2.67. The minimum absolute atomic E-state index is 0.00578. The molecule has 0 spiro atoms. The molecule has 2 aromatic carbocycles. The second kappa shape index (κ2) is 7.53. The molecule has 0 bridgehead atoms. The molecule has 1 unspecified atom stereocenters. The summed E-state index contributed by atoms with van der Waals surface area (Å²) in [5.74, 6) is 1.58. The summed E-state index contributed by atoms with van der Waals surface area (Å²) < 4.78 is 10.7. The summed E-state index contributed by atoms with van der Waals surface area (Å²) in [6, 6.07) is 13.5. The number of hydrogen-bond acceptors (Lipinski definition) is 4. The van der Waals surface area contributed by atoms with Crippen LogP contribution in [0.25, 0.3) is 5.57 Å². The van der Waals surface area contributed by atoms with E-state index in [2.05, 4.69) is 0 Å². The summed E-state index contributed by atoms with van der Waals surface area (Å²) >= 11 is 0. The molecule has 0 fully saturated rings. The van der Waals surface area contributed by atoms with Crippen molar-refractivity contribution in [2.75, 3.05) is 14.2 Å². The quantitative estimate of drug-likeness (QED) is 0.902. The summed E-state index contributed by atoms with van der Waals surface area (Å²) in [6.07, 6.45) is 2.99. The van der Waals surface area contributed by atoms with Gasteiger partial charge in [-0.1, -0.05) is 24.3 Å². The lowest BCUT2D eigenvalue weighted by Gasteiger charge is -2.23.